The molecule has 0 amide bonds. The average molecular weight is 306 g/mol. The van der Waals surface area contributed by atoms with Crippen LogP contribution in [0, 0.1) is 23.0 Å². The Labute approximate surface area is 129 Å². The topological polar surface area (TPSA) is 45.0 Å². The fourth-order valence-electron chi connectivity index (χ4n) is 3.68. The van der Waals surface area contributed by atoms with Gasteiger partial charge in [0.15, 0.2) is 11.6 Å². The van der Waals surface area contributed by atoms with Crippen molar-refractivity contribution in [2.24, 2.45) is 0 Å². The molecule has 1 saturated carbocycles. The first kappa shape index (κ1) is 15.2. The Hall–Kier alpha value is -1.67. The molecule has 1 heterocycles. The van der Waals surface area contributed by atoms with E-state index in [-0.39, 0.29) is 22.9 Å². The number of anilines is 1. The predicted octanol–water partition coefficient (Wildman–Crippen LogP) is 4.13. The van der Waals surface area contributed by atoms with Crippen molar-refractivity contribution < 1.29 is 13.5 Å². The van der Waals surface area contributed by atoms with Gasteiger partial charge in [0.1, 0.15) is 5.69 Å². The molecule has 1 aromatic carbocycles. The fourth-order valence-corrected chi connectivity index (χ4v) is 3.68. The van der Waals surface area contributed by atoms with Crippen molar-refractivity contribution in [2.45, 2.75) is 56.6 Å². The summed E-state index contributed by atoms with van der Waals surface area (Å²) < 4.78 is 34.0. The van der Waals surface area contributed by atoms with Crippen molar-refractivity contribution >= 4 is 5.69 Å². The van der Waals surface area contributed by atoms with Crippen molar-refractivity contribution in [1.82, 2.24) is 0 Å². The summed E-state index contributed by atoms with van der Waals surface area (Å²) in [7, 11) is 0. The minimum Gasteiger partial charge on any atom is -0.377 e. The summed E-state index contributed by atoms with van der Waals surface area (Å²) in [5, 5.41) is 11.7. The second kappa shape index (κ2) is 6.21. The number of hydrogen-bond acceptors (Lipinski definition) is 3. The largest absolute Gasteiger partial charge is 0.377 e. The van der Waals surface area contributed by atoms with Crippen LogP contribution in [0.4, 0.5) is 14.5 Å². The van der Waals surface area contributed by atoms with E-state index in [1.807, 2.05) is 0 Å². The van der Waals surface area contributed by atoms with Gasteiger partial charge in [0.05, 0.1) is 17.2 Å². The highest BCUT2D eigenvalue weighted by Gasteiger charge is 2.38. The molecule has 1 N–H and O–H groups in total. The highest BCUT2D eigenvalue weighted by atomic mass is 19.1. The molecule has 5 heteroatoms. The van der Waals surface area contributed by atoms with Crippen LogP contribution in [0.2, 0.25) is 0 Å². The minimum absolute atomic E-state index is 0.00345. The van der Waals surface area contributed by atoms with Crippen molar-refractivity contribution in [3.05, 3.63) is 29.3 Å². The molecule has 2 aliphatic rings. The molecule has 3 rings (SSSR count). The van der Waals surface area contributed by atoms with E-state index in [1.165, 1.54) is 6.42 Å². The SMILES string of the molecule is N#Cc1cc(F)c(NC2CCOC3(CCCCC3)C2)c(F)c1. The standard InChI is InChI=1S/C17H20F2N2O/c18-14-8-12(11-20)9-15(19)16(14)21-13-4-7-22-17(10-13)5-2-1-3-6-17/h8-9,13,21H,1-7,10H2. The molecule has 0 radical (unpaired) electrons. The van der Waals surface area contributed by atoms with Gasteiger partial charge in [-0.15, -0.1) is 0 Å². The van der Waals surface area contributed by atoms with Gasteiger partial charge in [-0.05, 0) is 37.8 Å². The summed E-state index contributed by atoms with van der Waals surface area (Å²) >= 11 is 0. The summed E-state index contributed by atoms with van der Waals surface area (Å²) in [5.74, 6) is -1.42. The van der Waals surface area contributed by atoms with Crippen LogP contribution in [0.5, 0.6) is 0 Å². The molecule has 2 fully saturated rings. The number of halogens is 2. The van der Waals surface area contributed by atoms with Crippen LogP contribution in [0.25, 0.3) is 0 Å². The third-order valence-corrected chi connectivity index (χ3v) is 4.78. The Balaban J connectivity index is 1.74. The van der Waals surface area contributed by atoms with Crippen LogP contribution in [0.1, 0.15) is 50.5 Å². The third-order valence-electron chi connectivity index (χ3n) is 4.78. The molecule has 1 unspecified atom stereocenters. The maximum atomic E-state index is 14.0. The lowest BCUT2D eigenvalue weighted by atomic mass is 9.78. The molecule has 0 aromatic heterocycles. The molecule has 3 nitrogen and oxygen atoms in total. The van der Waals surface area contributed by atoms with E-state index in [1.54, 1.807) is 6.07 Å². The van der Waals surface area contributed by atoms with E-state index < -0.39 is 11.6 Å². The first-order valence-corrected chi connectivity index (χ1v) is 7.91. The van der Waals surface area contributed by atoms with Crippen molar-refractivity contribution in [2.75, 3.05) is 11.9 Å². The molecule has 22 heavy (non-hydrogen) atoms. The molecule has 1 aliphatic heterocycles. The summed E-state index contributed by atoms with van der Waals surface area (Å²) in [5.41, 5.74) is -0.249. The van der Waals surface area contributed by atoms with E-state index in [9.17, 15) is 8.78 Å². The molecule has 1 spiro atoms. The average Bonchev–Trinajstić information content (AvgIpc) is 2.51. The molecule has 1 aliphatic carbocycles. The molecule has 0 bridgehead atoms. The zero-order valence-corrected chi connectivity index (χ0v) is 12.5. The summed E-state index contributed by atoms with van der Waals surface area (Å²) in [6.45, 7) is 0.622. The van der Waals surface area contributed by atoms with Gasteiger partial charge in [-0.3, -0.25) is 0 Å². The lowest BCUT2D eigenvalue weighted by molar-refractivity contribution is -0.103. The van der Waals surface area contributed by atoms with Gasteiger partial charge in [-0.1, -0.05) is 19.3 Å². The number of nitrogens with zero attached hydrogens (tertiary/aromatic N) is 1. The van der Waals surface area contributed by atoms with E-state index in [4.69, 9.17) is 10.00 Å². The second-order valence-electron chi connectivity index (χ2n) is 6.35. The van der Waals surface area contributed by atoms with Crippen LogP contribution >= 0.6 is 0 Å². The van der Waals surface area contributed by atoms with Crippen LogP contribution < -0.4 is 5.32 Å². The third kappa shape index (κ3) is 3.07. The second-order valence-corrected chi connectivity index (χ2v) is 6.35. The Kier molecular flexibility index (Phi) is 4.30. The van der Waals surface area contributed by atoms with Crippen molar-refractivity contribution in [3.8, 4) is 6.07 Å². The molecule has 1 atom stereocenters. The Morgan fingerprint density at radius 1 is 1.18 bits per heavy atom. The fraction of sp³-hybridized carbons (Fsp3) is 0.588. The van der Waals surface area contributed by atoms with Crippen LogP contribution in [0.3, 0.4) is 0 Å². The predicted molar refractivity (Wildman–Crippen MR) is 79.5 cm³/mol. The number of rotatable bonds is 2. The number of nitrogens with one attached hydrogen (secondary N) is 1. The quantitative estimate of drug-likeness (QED) is 0.893. The van der Waals surface area contributed by atoms with E-state index in [0.29, 0.717) is 6.61 Å². The van der Waals surface area contributed by atoms with E-state index >= 15 is 0 Å². The first-order valence-electron chi connectivity index (χ1n) is 7.91. The van der Waals surface area contributed by atoms with Gasteiger partial charge in [0, 0.05) is 12.6 Å². The first-order chi connectivity index (χ1) is 10.6. The zero-order valence-electron chi connectivity index (χ0n) is 12.5. The number of ether oxygens (including phenoxy) is 1. The van der Waals surface area contributed by atoms with Gasteiger partial charge in [-0.2, -0.15) is 5.26 Å². The van der Waals surface area contributed by atoms with Crippen molar-refractivity contribution in [3.63, 3.8) is 0 Å². The number of hydrogen-bond donors (Lipinski definition) is 1. The summed E-state index contributed by atoms with van der Waals surface area (Å²) in [6, 6.07) is 3.90. The highest BCUT2D eigenvalue weighted by molar-refractivity contribution is 5.51. The molecular weight excluding hydrogens is 286 g/mol. The summed E-state index contributed by atoms with van der Waals surface area (Å²) in [6.07, 6.45) is 7.14. The number of benzene rings is 1. The van der Waals surface area contributed by atoms with Crippen molar-refractivity contribution in [1.29, 1.82) is 5.26 Å². The minimum atomic E-state index is -0.708. The van der Waals surface area contributed by atoms with Gasteiger partial charge >= 0.3 is 0 Å². The van der Waals surface area contributed by atoms with Gasteiger partial charge in [0.25, 0.3) is 0 Å². The maximum Gasteiger partial charge on any atom is 0.150 e. The Morgan fingerprint density at radius 2 is 1.86 bits per heavy atom. The molecular formula is C17H20F2N2O. The van der Waals surface area contributed by atoms with Gasteiger partial charge < -0.3 is 10.1 Å². The Bertz CT molecular complexity index is 562. The summed E-state index contributed by atoms with van der Waals surface area (Å²) in [4.78, 5) is 0. The number of nitriles is 1. The lowest BCUT2D eigenvalue weighted by Gasteiger charge is -2.44. The molecule has 118 valence electrons. The van der Waals surface area contributed by atoms with Crippen LogP contribution in [-0.4, -0.2) is 18.2 Å². The highest BCUT2D eigenvalue weighted by Crippen LogP contribution is 2.39. The van der Waals surface area contributed by atoms with Crippen LogP contribution in [0.15, 0.2) is 12.1 Å². The lowest BCUT2D eigenvalue weighted by Crippen LogP contribution is -2.45. The van der Waals surface area contributed by atoms with E-state index in [2.05, 4.69) is 5.32 Å². The van der Waals surface area contributed by atoms with E-state index in [0.717, 1.165) is 50.7 Å². The molecule has 1 aromatic rings. The monoisotopic (exact) mass is 306 g/mol. The maximum absolute atomic E-state index is 14.0. The normalized spacial score (nSPS) is 24.0. The van der Waals surface area contributed by atoms with Crippen LogP contribution in [-0.2, 0) is 4.74 Å². The molecule has 1 saturated heterocycles. The zero-order chi connectivity index (χ0) is 15.6. The van der Waals surface area contributed by atoms with Gasteiger partial charge in [-0.25, -0.2) is 8.78 Å². The van der Waals surface area contributed by atoms with Gasteiger partial charge in [0.2, 0.25) is 0 Å². The smallest absolute Gasteiger partial charge is 0.150 e. The Morgan fingerprint density at radius 3 is 2.50 bits per heavy atom.